The molecule has 0 aliphatic rings. The third-order valence-corrected chi connectivity index (χ3v) is 2.78. The van der Waals surface area contributed by atoms with E-state index in [-0.39, 0.29) is 12.1 Å². The van der Waals surface area contributed by atoms with E-state index >= 15 is 0 Å². The van der Waals surface area contributed by atoms with Crippen LogP contribution in [0.25, 0.3) is 0 Å². The highest BCUT2D eigenvalue weighted by Crippen LogP contribution is 2.21. The average molecular weight is 290 g/mol. The Bertz CT molecular complexity index is 378. The van der Waals surface area contributed by atoms with Gasteiger partial charge in [-0.2, -0.15) is 0 Å². The lowest BCUT2D eigenvalue weighted by atomic mass is 10.2. The van der Waals surface area contributed by atoms with Crippen LogP contribution in [0.4, 0.5) is 8.78 Å². The summed E-state index contributed by atoms with van der Waals surface area (Å²) >= 11 is 3.03. The van der Waals surface area contributed by atoms with Gasteiger partial charge in [-0.25, -0.2) is 8.78 Å². The third-order valence-electron chi connectivity index (χ3n) is 2.16. The first-order valence-corrected chi connectivity index (χ1v) is 5.90. The Kier molecular flexibility index (Phi) is 5.63. The molecule has 0 unspecified atom stereocenters. The highest BCUT2D eigenvalue weighted by Gasteiger charge is 2.11. The van der Waals surface area contributed by atoms with E-state index in [2.05, 4.69) is 21.2 Å². The summed E-state index contributed by atoms with van der Waals surface area (Å²) in [6, 6.07) is 2.63. The molecule has 0 saturated heterocycles. The summed E-state index contributed by atoms with van der Waals surface area (Å²) < 4.78 is 27.1. The monoisotopic (exact) mass is 289 g/mol. The molecular weight excluding hydrogens is 276 g/mol. The minimum Gasteiger partial charge on any atom is -0.312 e. The summed E-state index contributed by atoms with van der Waals surface area (Å²) in [5.41, 5.74) is 0.0786. The van der Waals surface area contributed by atoms with Gasteiger partial charge >= 0.3 is 0 Å². The van der Waals surface area contributed by atoms with Crippen molar-refractivity contribution in [3.8, 4) is 0 Å². The number of rotatable bonds is 5. The van der Waals surface area contributed by atoms with Gasteiger partial charge in [-0.15, -0.1) is 0 Å². The SMILES string of the molecule is C/C=C/CCNCc1c(F)ccc(Br)c1F. The Morgan fingerprint density at radius 2 is 2.12 bits per heavy atom. The standard InChI is InChI=1S/C12H14BrF2N/c1-2-3-4-7-16-8-9-11(14)6-5-10(13)12(9)15/h2-3,5-6,16H,4,7-8H2,1H3/b3-2+. The zero-order valence-corrected chi connectivity index (χ0v) is 10.7. The summed E-state index contributed by atoms with van der Waals surface area (Å²) in [5, 5.41) is 2.99. The predicted octanol–water partition coefficient (Wildman–Crippen LogP) is 3.78. The van der Waals surface area contributed by atoms with Crippen molar-refractivity contribution in [3.63, 3.8) is 0 Å². The number of hydrogen-bond donors (Lipinski definition) is 1. The van der Waals surface area contributed by atoms with E-state index in [9.17, 15) is 8.78 Å². The van der Waals surface area contributed by atoms with Gasteiger partial charge in [-0.3, -0.25) is 0 Å². The minimum absolute atomic E-state index is 0.0786. The van der Waals surface area contributed by atoms with Crippen LogP contribution in [-0.2, 0) is 6.54 Å². The van der Waals surface area contributed by atoms with Gasteiger partial charge in [0.15, 0.2) is 0 Å². The molecule has 0 atom stereocenters. The van der Waals surface area contributed by atoms with Gasteiger partial charge < -0.3 is 5.32 Å². The van der Waals surface area contributed by atoms with Crippen LogP contribution >= 0.6 is 15.9 Å². The molecule has 0 fully saturated rings. The van der Waals surface area contributed by atoms with Gasteiger partial charge in [0.1, 0.15) is 11.6 Å². The van der Waals surface area contributed by atoms with Crippen LogP contribution in [0.5, 0.6) is 0 Å². The lowest BCUT2D eigenvalue weighted by Gasteiger charge is -2.07. The maximum absolute atomic E-state index is 13.5. The van der Waals surface area contributed by atoms with Crippen molar-refractivity contribution in [3.05, 3.63) is 46.0 Å². The summed E-state index contributed by atoms with van der Waals surface area (Å²) in [6.45, 7) is 2.85. The maximum atomic E-state index is 13.5. The topological polar surface area (TPSA) is 12.0 Å². The van der Waals surface area contributed by atoms with E-state index in [0.717, 1.165) is 6.42 Å². The van der Waals surface area contributed by atoms with Gasteiger partial charge in [0.05, 0.1) is 4.47 Å². The molecule has 0 saturated carbocycles. The van der Waals surface area contributed by atoms with Crippen molar-refractivity contribution in [2.24, 2.45) is 0 Å². The fourth-order valence-corrected chi connectivity index (χ4v) is 1.67. The Hall–Kier alpha value is -0.740. The molecule has 4 heteroatoms. The van der Waals surface area contributed by atoms with Crippen molar-refractivity contribution in [2.45, 2.75) is 19.9 Å². The van der Waals surface area contributed by atoms with E-state index in [1.54, 1.807) is 0 Å². The van der Waals surface area contributed by atoms with Crippen LogP contribution in [0.15, 0.2) is 28.8 Å². The van der Waals surface area contributed by atoms with Crippen molar-refractivity contribution < 1.29 is 8.78 Å². The van der Waals surface area contributed by atoms with Crippen LogP contribution in [0.1, 0.15) is 18.9 Å². The van der Waals surface area contributed by atoms with E-state index in [4.69, 9.17) is 0 Å². The largest absolute Gasteiger partial charge is 0.312 e. The first kappa shape index (κ1) is 13.3. The Morgan fingerprint density at radius 3 is 2.81 bits per heavy atom. The molecule has 0 aromatic heterocycles. The van der Waals surface area contributed by atoms with Gasteiger partial charge in [0.2, 0.25) is 0 Å². The Labute approximate surface area is 103 Å². The molecule has 0 aliphatic heterocycles. The van der Waals surface area contributed by atoms with Gasteiger partial charge in [-0.1, -0.05) is 12.2 Å². The number of hydrogen-bond acceptors (Lipinski definition) is 1. The lowest BCUT2D eigenvalue weighted by Crippen LogP contribution is -2.16. The van der Waals surface area contributed by atoms with Crippen LogP contribution in [0.2, 0.25) is 0 Å². The molecule has 0 heterocycles. The van der Waals surface area contributed by atoms with Crippen LogP contribution in [-0.4, -0.2) is 6.54 Å². The first-order chi connectivity index (χ1) is 7.66. The quantitative estimate of drug-likeness (QED) is 0.494. The third kappa shape index (κ3) is 3.68. The molecule has 16 heavy (non-hydrogen) atoms. The molecule has 0 amide bonds. The molecule has 0 radical (unpaired) electrons. The van der Waals surface area contributed by atoms with Gasteiger partial charge in [-0.05, 0) is 48.0 Å². The van der Waals surface area contributed by atoms with Gasteiger partial charge in [0.25, 0.3) is 0 Å². The molecule has 1 nitrogen and oxygen atoms in total. The molecule has 1 aromatic rings. The zero-order valence-electron chi connectivity index (χ0n) is 9.06. The molecule has 1 N–H and O–H groups in total. The van der Waals surface area contributed by atoms with Crippen LogP contribution in [0, 0.1) is 11.6 Å². The van der Waals surface area contributed by atoms with Crippen molar-refractivity contribution in [1.82, 2.24) is 5.32 Å². The molecular formula is C12H14BrF2N. The van der Waals surface area contributed by atoms with E-state index in [1.807, 2.05) is 19.1 Å². The zero-order chi connectivity index (χ0) is 12.0. The number of halogens is 3. The second-order valence-corrected chi connectivity index (χ2v) is 4.21. The molecule has 88 valence electrons. The number of benzene rings is 1. The number of allylic oxidation sites excluding steroid dienone is 1. The summed E-state index contributed by atoms with van der Waals surface area (Å²) in [6.07, 6.45) is 4.80. The number of nitrogens with one attached hydrogen (secondary N) is 1. The Morgan fingerprint density at radius 1 is 1.38 bits per heavy atom. The maximum Gasteiger partial charge on any atom is 0.144 e. The molecule has 0 bridgehead atoms. The average Bonchev–Trinajstić information content (AvgIpc) is 2.28. The van der Waals surface area contributed by atoms with Crippen molar-refractivity contribution in [1.29, 1.82) is 0 Å². The van der Waals surface area contributed by atoms with Crippen molar-refractivity contribution in [2.75, 3.05) is 6.54 Å². The molecule has 0 spiro atoms. The van der Waals surface area contributed by atoms with Crippen molar-refractivity contribution >= 4 is 15.9 Å². The van der Waals surface area contributed by atoms with E-state index in [1.165, 1.54) is 12.1 Å². The highest BCUT2D eigenvalue weighted by molar-refractivity contribution is 9.10. The Balaban J connectivity index is 2.56. The first-order valence-electron chi connectivity index (χ1n) is 5.11. The summed E-state index contributed by atoms with van der Waals surface area (Å²) in [4.78, 5) is 0. The molecule has 1 rings (SSSR count). The second kappa shape index (κ2) is 6.76. The molecule has 0 aliphatic carbocycles. The normalized spacial score (nSPS) is 11.2. The van der Waals surface area contributed by atoms with Crippen LogP contribution in [0.3, 0.4) is 0 Å². The summed E-state index contributed by atoms with van der Waals surface area (Å²) in [5.74, 6) is -1.04. The summed E-state index contributed by atoms with van der Waals surface area (Å²) in [7, 11) is 0. The lowest BCUT2D eigenvalue weighted by molar-refractivity contribution is 0.533. The van der Waals surface area contributed by atoms with E-state index < -0.39 is 11.6 Å². The van der Waals surface area contributed by atoms with Crippen LogP contribution < -0.4 is 5.32 Å². The second-order valence-electron chi connectivity index (χ2n) is 3.36. The smallest absolute Gasteiger partial charge is 0.144 e. The van der Waals surface area contributed by atoms with E-state index in [0.29, 0.717) is 11.0 Å². The highest BCUT2D eigenvalue weighted by atomic mass is 79.9. The predicted molar refractivity (Wildman–Crippen MR) is 65.2 cm³/mol. The minimum atomic E-state index is -0.529. The molecule has 1 aromatic carbocycles. The fourth-order valence-electron chi connectivity index (χ4n) is 1.30. The fraction of sp³-hybridized carbons (Fsp3) is 0.333. The van der Waals surface area contributed by atoms with Gasteiger partial charge in [0, 0.05) is 12.1 Å².